The van der Waals surface area contributed by atoms with E-state index >= 15 is 0 Å². The lowest BCUT2D eigenvalue weighted by Gasteiger charge is -2.37. The molecule has 0 radical (unpaired) electrons. The van der Waals surface area contributed by atoms with E-state index in [1.807, 2.05) is 0 Å². The van der Waals surface area contributed by atoms with Gasteiger partial charge in [-0.15, -0.1) is 0 Å². The first-order valence-electron chi connectivity index (χ1n) is 8.92. The largest absolute Gasteiger partial charge is 0.376 e. The quantitative estimate of drug-likeness (QED) is 0.765. The normalized spacial score (nSPS) is 33.6. The van der Waals surface area contributed by atoms with Gasteiger partial charge in [0.15, 0.2) is 0 Å². The van der Waals surface area contributed by atoms with Crippen LogP contribution in [-0.2, 0) is 9.53 Å². The first kappa shape index (κ1) is 15.3. The van der Waals surface area contributed by atoms with Gasteiger partial charge in [0.1, 0.15) is 0 Å². The average molecular weight is 294 g/mol. The highest BCUT2D eigenvalue weighted by Crippen LogP contribution is 2.43. The van der Waals surface area contributed by atoms with E-state index in [9.17, 15) is 4.79 Å². The number of rotatable bonds is 5. The number of carbonyl (C=O) groups excluding carboxylic acids is 1. The fourth-order valence-corrected chi connectivity index (χ4v) is 4.49. The number of nitrogens with one attached hydrogen (secondary N) is 2. The Kier molecular flexibility index (Phi) is 5.17. The molecule has 3 rings (SSSR count). The molecule has 1 amide bonds. The third-order valence-electron chi connectivity index (χ3n) is 5.78. The monoisotopic (exact) mass is 294 g/mol. The van der Waals surface area contributed by atoms with Crippen LogP contribution in [0.15, 0.2) is 0 Å². The van der Waals surface area contributed by atoms with Crippen molar-refractivity contribution < 1.29 is 9.53 Å². The van der Waals surface area contributed by atoms with Crippen molar-refractivity contribution in [3.63, 3.8) is 0 Å². The van der Waals surface area contributed by atoms with Crippen LogP contribution in [0.3, 0.4) is 0 Å². The summed E-state index contributed by atoms with van der Waals surface area (Å²) in [6.07, 6.45) is 11.5. The van der Waals surface area contributed by atoms with E-state index in [2.05, 4.69) is 10.6 Å². The Bertz CT molecular complexity index is 355. The van der Waals surface area contributed by atoms with Crippen molar-refractivity contribution in [3.05, 3.63) is 0 Å². The molecule has 0 spiro atoms. The van der Waals surface area contributed by atoms with Gasteiger partial charge in [-0.3, -0.25) is 4.79 Å². The molecular formula is C17H30N2O2. The minimum Gasteiger partial charge on any atom is -0.376 e. The van der Waals surface area contributed by atoms with Gasteiger partial charge < -0.3 is 15.4 Å². The summed E-state index contributed by atoms with van der Waals surface area (Å²) in [5, 5.41) is 6.59. The van der Waals surface area contributed by atoms with E-state index in [0.29, 0.717) is 25.2 Å². The molecule has 4 nitrogen and oxygen atoms in total. The van der Waals surface area contributed by atoms with Crippen LogP contribution < -0.4 is 10.6 Å². The van der Waals surface area contributed by atoms with Crippen molar-refractivity contribution in [2.45, 2.75) is 63.9 Å². The molecule has 1 aliphatic heterocycles. The molecular weight excluding hydrogens is 264 g/mol. The van der Waals surface area contributed by atoms with Gasteiger partial charge in [0.2, 0.25) is 5.91 Å². The summed E-state index contributed by atoms with van der Waals surface area (Å²) in [7, 11) is 0. The van der Waals surface area contributed by atoms with Gasteiger partial charge in [0, 0.05) is 13.1 Å². The zero-order valence-corrected chi connectivity index (χ0v) is 13.2. The first-order valence-corrected chi connectivity index (χ1v) is 8.92. The highest BCUT2D eigenvalue weighted by molar-refractivity contribution is 5.83. The summed E-state index contributed by atoms with van der Waals surface area (Å²) >= 11 is 0. The summed E-state index contributed by atoms with van der Waals surface area (Å²) in [6, 6.07) is 0. The van der Waals surface area contributed by atoms with Crippen LogP contribution in [0.25, 0.3) is 0 Å². The standard InChI is InChI=1S/C17H30N2O2/c20-16(17-9-5-4-6-14(17)12-18-13-17)19-10-11-21-15-7-2-1-3-8-15/h14-15,18H,1-13H2,(H,19,20)/t14-,17+/m0/s1. The van der Waals surface area contributed by atoms with Crippen LogP contribution in [0, 0.1) is 11.3 Å². The Morgan fingerprint density at radius 3 is 2.81 bits per heavy atom. The lowest BCUT2D eigenvalue weighted by Crippen LogP contribution is -2.48. The number of hydrogen-bond donors (Lipinski definition) is 2. The zero-order valence-electron chi connectivity index (χ0n) is 13.2. The summed E-state index contributed by atoms with van der Waals surface area (Å²) in [5.41, 5.74) is -0.122. The predicted molar refractivity (Wildman–Crippen MR) is 83.1 cm³/mol. The average Bonchev–Trinajstić information content (AvgIpc) is 2.97. The molecule has 0 aromatic heterocycles. The van der Waals surface area contributed by atoms with Gasteiger partial charge in [-0.1, -0.05) is 32.1 Å². The fraction of sp³-hybridized carbons (Fsp3) is 0.941. The van der Waals surface area contributed by atoms with E-state index in [-0.39, 0.29) is 11.3 Å². The topological polar surface area (TPSA) is 50.4 Å². The number of ether oxygens (including phenoxy) is 1. The third-order valence-corrected chi connectivity index (χ3v) is 5.78. The maximum atomic E-state index is 12.6. The lowest BCUT2D eigenvalue weighted by atomic mass is 9.67. The van der Waals surface area contributed by atoms with Gasteiger partial charge in [0.05, 0.1) is 18.1 Å². The Morgan fingerprint density at radius 2 is 1.95 bits per heavy atom. The third kappa shape index (κ3) is 3.42. The Balaban J connectivity index is 1.41. The Hall–Kier alpha value is -0.610. The Morgan fingerprint density at radius 1 is 1.14 bits per heavy atom. The molecule has 1 heterocycles. The van der Waals surface area contributed by atoms with E-state index in [1.165, 1.54) is 51.4 Å². The molecule has 2 N–H and O–H groups in total. The van der Waals surface area contributed by atoms with E-state index in [1.54, 1.807) is 0 Å². The molecule has 1 saturated heterocycles. The van der Waals surface area contributed by atoms with Gasteiger partial charge in [-0.25, -0.2) is 0 Å². The van der Waals surface area contributed by atoms with Crippen molar-refractivity contribution in [2.75, 3.05) is 26.2 Å². The van der Waals surface area contributed by atoms with Gasteiger partial charge >= 0.3 is 0 Å². The van der Waals surface area contributed by atoms with Crippen molar-refractivity contribution in [2.24, 2.45) is 11.3 Å². The maximum Gasteiger partial charge on any atom is 0.227 e. The highest BCUT2D eigenvalue weighted by Gasteiger charge is 2.49. The number of fused-ring (bicyclic) bond motifs is 1. The van der Waals surface area contributed by atoms with Crippen LogP contribution >= 0.6 is 0 Å². The van der Waals surface area contributed by atoms with Crippen LogP contribution in [0.5, 0.6) is 0 Å². The molecule has 0 unspecified atom stereocenters. The summed E-state index contributed by atoms with van der Waals surface area (Å²) < 4.78 is 5.90. The van der Waals surface area contributed by atoms with Gasteiger partial charge in [-0.05, 0) is 38.1 Å². The summed E-state index contributed by atoms with van der Waals surface area (Å²) in [5.74, 6) is 0.815. The van der Waals surface area contributed by atoms with Crippen molar-refractivity contribution >= 4 is 5.91 Å². The number of amides is 1. The summed E-state index contributed by atoms with van der Waals surface area (Å²) in [6.45, 7) is 3.23. The van der Waals surface area contributed by atoms with Crippen LogP contribution in [0.4, 0.5) is 0 Å². The SMILES string of the molecule is O=C(NCCOC1CCCCC1)[C@@]12CCCC[C@H]1CNC2. The molecule has 3 aliphatic rings. The molecule has 0 aromatic rings. The van der Waals surface area contributed by atoms with Crippen molar-refractivity contribution in [3.8, 4) is 0 Å². The molecule has 3 fully saturated rings. The molecule has 4 heteroatoms. The van der Waals surface area contributed by atoms with Crippen molar-refractivity contribution in [1.29, 1.82) is 0 Å². The number of hydrogen-bond acceptors (Lipinski definition) is 3. The first-order chi connectivity index (χ1) is 10.3. The second-order valence-electron chi connectivity index (χ2n) is 7.12. The van der Waals surface area contributed by atoms with E-state index in [4.69, 9.17) is 4.74 Å². The molecule has 2 atom stereocenters. The number of carbonyl (C=O) groups is 1. The molecule has 21 heavy (non-hydrogen) atoms. The van der Waals surface area contributed by atoms with Crippen LogP contribution in [0.1, 0.15) is 57.8 Å². The molecule has 2 saturated carbocycles. The lowest BCUT2D eigenvalue weighted by molar-refractivity contribution is -0.134. The van der Waals surface area contributed by atoms with Crippen LogP contribution in [-0.4, -0.2) is 38.3 Å². The zero-order chi connectivity index (χ0) is 14.5. The second-order valence-corrected chi connectivity index (χ2v) is 7.12. The van der Waals surface area contributed by atoms with Gasteiger partial charge in [-0.2, -0.15) is 0 Å². The second kappa shape index (κ2) is 7.10. The predicted octanol–water partition coefficient (Wildman–Crippen LogP) is 2.23. The smallest absolute Gasteiger partial charge is 0.227 e. The van der Waals surface area contributed by atoms with Crippen molar-refractivity contribution in [1.82, 2.24) is 10.6 Å². The van der Waals surface area contributed by atoms with E-state index in [0.717, 1.165) is 19.5 Å². The molecule has 0 aromatic carbocycles. The Labute approximate surface area is 128 Å². The summed E-state index contributed by atoms with van der Waals surface area (Å²) in [4.78, 5) is 12.6. The molecule has 2 aliphatic carbocycles. The van der Waals surface area contributed by atoms with E-state index < -0.39 is 0 Å². The maximum absolute atomic E-state index is 12.6. The van der Waals surface area contributed by atoms with Crippen LogP contribution in [0.2, 0.25) is 0 Å². The molecule has 120 valence electrons. The highest BCUT2D eigenvalue weighted by atomic mass is 16.5. The molecule has 0 bridgehead atoms. The minimum atomic E-state index is -0.122. The van der Waals surface area contributed by atoms with Gasteiger partial charge in [0.25, 0.3) is 0 Å². The fourth-order valence-electron chi connectivity index (χ4n) is 4.49. The minimum absolute atomic E-state index is 0.122.